The molecule has 106 valence electrons. The standard InChI is InChI=1S/C17H12N4O/c22-17-14(15(20-21-17)11-5-2-1-3-6-11)9-12-10-19-16-13(12)7-4-8-18-16/h1-10H,(H2,20,21,22)/b12-9-. The number of nitrogens with one attached hydrogen (secondary N) is 2. The smallest absolute Gasteiger partial charge is 0.271 e. The third kappa shape index (κ3) is 2.00. The lowest BCUT2D eigenvalue weighted by molar-refractivity contribution is 1.06. The maximum Gasteiger partial charge on any atom is 0.271 e. The number of fused-ring (bicyclic) bond motifs is 1. The van der Waals surface area contributed by atoms with Crippen molar-refractivity contribution in [1.29, 1.82) is 0 Å². The molecule has 5 nitrogen and oxygen atoms in total. The van der Waals surface area contributed by atoms with Gasteiger partial charge < -0.3 is 0 Å². The predicted octanol–water partition coefficient (Wildman–Crippen LogP) is 3.02. The first kappa shape index (κ1) is 12.5. The first-order valence-electron chi connectivity index (χ1n) is 6.90. The van der Waals surface area contributed by atoms with Crippen molar-refractivity contribution in [3.63, 3.8) is 0 Å². The van der Waals surface area contributed by atoms with E-state index in [4.69, 9.17) is 0 Å². The zero-order valence-corrected chi connectivity index (χ0v) is 11.6. The summed E-state index contributed by atoms with van der Waals surface area (Å²) in [6.07, 6.45) is 5.28. The van der Waals surface area contributed by atoms with E-state index in [9.17, 15) is 4.79 Å². The fraction of sp³-hybridized carbons (Fsp3) is 0. The quantitative estimate of drug-likeness (QED) is 0.760. The number of pyridine rings is 1. The maximum atomic E-state index is 12.1. The largest absolute Gasteiger partial charge is 0.297 e. The minimum Gasteiger partial charge on any atom is -0.297 e. The van der Waals surface area contributed by atoms with Crippen molar-refractivity contribution >= 4 is 23.7 Å². The summed E-state index contributed by atoms with van der Waals surface area (Å²) >= 11 is 0. The van der Waals surface area contributed by atoms with Gasteiger partial charge in [0.05, 0.1) is 11.3 Å². The molecule has 0 fully saturated rings. The number of aromatic nitrogens is 3. The summed E-state index contributed by atoms with van der Waals surface area (Å²) in [5, 5.41) is 5.59. The summed E-state index contributed by atoms with van der Waals surface area (Å²) < 4.78 is 0. The molecule has 0 radical (unpaired) electrons. The molecule has 0 bridgehead atoms. The van der Waals surface area contributed by atoms with Crippen LogP contribution in [0, 0.1) is 0 Å². The predicted molar refractivity (Wildman–Crippen MR) is 87.1 cm³/mol. The Morgan fingerprint density at radius 1 is 1.00 bits per heavy atom. The number of allylic oxidation sites excluding steroid dienone is 1. The van der Waals surface area contributed by atoms with E-state index in [-0.39, 0.29) is 5.56 Å². The first-order chi connectivity index (χ1) is 10.8. The monoisotopic (exact) mass is 288 g/mol. The highest BCUT2D eigenvalue weighted by atomic mass is 16.1. The van der Waals surface area contributed by atoms with Gasteiger partial charge in [-0.25, -0.2) is 9.98 Å². The molecule has 22 heavy (non-hydrogen) atoms. The minimum absolute atomic E-state index is 0.155. The topological polar surface area (TPSA) is 73.9 Å². The Balaban J connectivity index is 1.86. The van der Waals surface area contributed by atoms with Crippen LogP contribution in [-0.4, -0.2) is 21.4 Å². The second-order valence-corrected chi connectivity index (χ2v) is 4.97. The highest BCUT2D eigenvalue weighted by molar-refractivity contribution is 6.21. The average Bonchev–Trinajstić information content (AvgIpc) is 3.14. The Hall–Kier alpha value is -3.21. The van der Waals surface area contributed by atoms with Gasteiger partial charge in [0.2, 0.25) is 0 Å². The van der Waals surface area contributed by atoms with Crippen molar-refractivity contribution in [2.75, 3.05) is 0 Å². The summed E-state index contributed by atoms with van der Waals surface area (Å²) in [5.74, 6) is 0.682. The van der Waals surface area contributed by atoms with Crippen LogP contribution < -0.4 is 5.56 Å². The lowest BCUT2D eigenvalue weighted by Gasteiger charge is -2.00. The molecule has 5 heteroatoms. The van der Waals surface area contributed by atoms with Crippen LogP contribution in [0.3, 0.4) is 0 Å². The molecule has 0 unspecified atom stereocenters. The number of hydrogen-bond acceptors (Lipinski definition) is 3. The zero-order chi connectivity index (χ0) is 14.9. The Morgan fingerprint density at radius 3 is 2.73 bits per heavy atom. The number of aliphatic imine (C=N–C) groups is 1. The lowest BCUT2D eigenvalue weighted by Crippen LogP contribution is -2.02. The molecule has 3 heterocycles. The Morgan fingerprint density at radius 2 is 1.86 bits per heavy atom. The van der Waals surface area contributed by atoms with Crippen LogP contribution in [0.4, 0.5) is 5.82 Å². The van der Waals surface area contributed by atoms with Crippen LogP contribution in [0.25, 0.3) is 22.9 Å². The van der Waals surface area contributed by atoms with E-state index in [1.165, 1.54) is 0 Å². The molecule has 0 saturated carbocycles. The molecule has 3 aromatic rings. The maximum absolute atomic E-state index is 12.1. The molecule has 2 N–H and O–H groups in total. The molecule has 2 aromatic heterocycles. The normalized spacial score (nSPS) is 14.5. The van der Waals surface area contributed by atoms with Crippen LogP contribution in [0.15, 0.2) is 58.4 Å². The van der Waals surface area contributed by atoms with Gasteiger partial charge in [-0.1, -0.05) is 30.3 Å². The third-order valence-corrected chi connectivity index (χ3v) is 3.60. The summed E-state index contributed by atoms with van der Waals surface area (Å²) in [5.41, 5.74) is 3.96. The van der Waals surface area contributed by atoms with E-state index in [1.807, 2.05) is 48.5 Å². The summed E-state index contributed by atoms with van der Waals surface area (Å²) in [6, 6.07) is 13.5. The van der Waals surface area contributed by atoms with Crippen LogP contribution >= 0.6 is 0 Å². The van der Waals surface area contributed by atoms with Crippen molar-refractivity contribution in [2.45, 2.75) is 0 Å². The number of H-pyrrole nitrogens is 2. The van der Waals surface area contributed by atoms with Crippen LogP contribution in [-0.2, 0) is 0 Å². The highest BCUT2D eigenvalue weighted by Crippen LogP contribution is 2.31. The molecule has 0 amide bonds. The minimum atomic E-state index is -0.155. The molecule has 1 aliphatic rings. The molecular weight excluding hydrogens is 276 g/mol. The summed E-state index contributed by atoms with van der Waals surface area (Å²) in [4.78, 5) is 20.6. The Bertz CT molecular complexity index is 948. The SMILES string of the molecule is O=c1[nH][nH]c(-c2ccccc2)c1/C=C1/C=Nc2ncccc21. The van der Waals surface area contributed by atoms with Gasteiger partial charge >= 0.3 is 0 Å². The fourth-order valence-electron chi connectivity index (χ4n) is 2.53. The van der Waals surface area contributed by atoms with E-state index in [1.54, 1.807) is 12.4 Å². The van der Waals surface area contributed by atoms with Crippen molar-refractivity contribution in [2.24, 2.45) is 4.99 Å². The second-order valence-electron chi connectivity index (χ2n) is 4.97. The average molecular weight is 288 g/mol. The van der Waals surface area contributed by atoms with Gasteiger partial charge in [0, 0.05) is 29.1 Å². The Labute approximate surface area is 126 Å². The van der Waals surface area contributed by atoms with Crippen LogP contribution in [0.5, 0.6) is 0 Å². The first-order valence-corrected chi connectivity index (χ1v) is 6.90. The Kier molecular flexibility index (Phi) is 2.83. The van der Waals surface area contributed by atoms with Gasteiger partial charge in [0.1, 0.15) is 0 Å². The van der Waals surface area contributed by atoms with Gasteiger partial charge in [-0.15, -0.1) is 0 Å². The lowest BCUT2D eigenvalue weighted by atomic mass is 10.0. The van der Waals surface area contributed by atoms with E-state index in [0.29, 0.717) is 11.4 Å². The molecule has 0 saturated heterocycles. The molecular formula is C17H12N4O. The fourth-order valence-corrected chi connectivity index (χ4v) is 2.53. The molecule has 4 rings (SSSR count). The molecule has 0 atom stereocenters. The van der Waals surface area contributed by atoms with Crippen molar-refractivity contribution in [3.8, 4) is 11.3 Å². The summed E-state index contributed by atoms with van der Waals surface area (Å²) in [6.45, 7) is 0. The number of nitrogens with zero attached hydrogens (tertiary/aromatic N) is 2. The van der Waals surface area contributed by atoms with E-state index in [2.05, 4.69) is 20.2 Å². The van der Waals surface area contributed by atoms with Gasteiger partial charge in [0.15, 0.2) is 5.82 Å². The number of benzene rings is 1. The van der Waals surface area contributed by atoms with E-state index >= 15 is 0 Å². The molecule has 0 aliphatic carbocycles. The van der Waals surface area contributed by atoms with Crippen LogP contribution in [0.1, 0.15) is 11.1 Å². The van der Waals surface area contributed by atoms with Gasteiger partial charge in [-0.05, 0) is 18.2 Å². The molecule has 0 spiro atoms. The third-order valence-electron chi connectivity index (χ3n) is 3.60. The summed E-state index contributed by atoms with van der Waals surface area (Å²) in [7, 11) is 0. The van der Waals surface area contributed by atoms with Crippen molar-refractivity contribution < 1.29 is 0 Å². The van der Waals surface area contributed by atoms with Gasteiger partial charge in [-0.2, -0.15) is 0 Å². The van der Waals surface area contributed by atoms with Gasteiger partial charge in [-0.3, -0.25) is 15.0 Å². The van der Waals surface area contributed by atoms with E-state index < -0.39 is 0 Å². The van der Waals surface area contributed by atoms with Crippen molar-refractivity contribution in [3.05, 3.63) is 70.1 Å². The molecule has 1 aliphatic heterocycles. The number of rotatable bonds is 2. The zero-order valence-electron chi connectivity index (χ0n) is 11.6. The van der Waals surface area contributed by atoms with Crippen LogP contribution in [0.2, 0.25) is 0 Å². The van der Waals surface area contributed by atoms with Gasteiger partial charge in [0.25, 0.3) is 5.56 Å². The second kappa shape index (κ2) is 4.96. The van der Waals surface area contributed by atoms with Crippen molar-refractivity contribution in [1.82, 2.24) is 15.2 Å². The molecule has 1 aromatic carbocycles. The number of aromatic amines is 2. The highest BCUT2D eigenvalue weighted by Gasteiger charge is 2.15. The number of hydrogen-bond donors (Lipinski definition) is 2. The van der Waals surface area contributed by atoms with E-state index in [0.717, 1.165) is 22.4 Å².